The highest BCUT2D eigenvalue weighted by Gasteiger charge is 2.16. The molecule has 96 valence electrons. The first-order valence-electron chi connectivity index (χ1n) is 5.74. The number of benzene rings is 1. The van der Waals surface area contributed by atoms with Crippen molar-refractivity contribution in [3.8, 4) is 0 Å². The number of nitrogens with one attached hydrogen (secondary N) is 2. The Labute approximate surface area is 105 Å². The quantitative estimate of drug-likeness (QED) is 0.615. The molecule has 1 heterocycles. The summed E-state index contributed by atoms with van der Waals surface area (Å²) in [7, 11) is 0. The average Bonchev–Trinajstić information content (AvgIpc) is 2.67. The molecule has 5 N–H and O–H groups in total. The van der Waals surface area contributed by atoms with Gasteiger partial charge in [-0.05, 0) is 32.0 Å². The second kappa shape index (κ2) is 4.34. The van der Waals surface area contributed by atoms with Crippen molar-refractivity contribution in [2.24, 2.45) is 0 Å². The lowest BCUT2D eigenvalue weighted by Crippen LogP contribution is -2.38. The average molecular weight is 247 g/mol. The highest BCUT2D eigenvalue weighted by Crippen LogP contribution is 2.20. The minimum Gasteiger partial charge on any atom is -0.399 e. The summed E-state index contributed by atoms with van der Waals surface area (Å²) in [6.45, 7) is 3.49. The van der Waals surface area contributed by atoms with Gasteiger partial charge in [-0.2, -0.15) is 0 Å². The van der Waals surface area contributed by atoms with Gasteiger partial charge in [0.2, 0.25) is 0 Å². The van der Waals surface area contributed by atoms with Gasteiger partial charge in [0, 0.05) is 29.3 Å². The molecule has 0 unspecified atom stereocenters. The van der Waals surface area contributed by atoms with Gasteiger partial charge in [-0.25, -0.2) is 0 Å². The zero-order valence-electron chi connectivity index (χ0n) is 10.4. The molecule has 18 heavy (non-hydrogen) atoms. The molecule has 0 atom stereocenters. The number of amides is 1. The first-order valence-corrected chi connectivity index (χ1v) is 5.74. The number of H-pyrrole nitrogens is 1. The van der Waals surface area contributed by atoms with Gasteiger partial charge in [0.15, 0.2) is 0 Å². The summed E-state index contributed by atoms with van der Waals surface area (Å²) in [4.78, 5) is 15.0. The largest absolute Gasteiger partial charge is 0.399 e. The molecule has 0 bridgehead atoms. The van der Waals surface area contributed by atoms with Gasteiger partial charge in [-0.15, -0.1) is 0 Å². The molecule has 1 aromatic carbocycles. The highest BCUT2D eigenvalue weighted by molar-refractivity contribution is 6.07. The number of aliphatic hydroxyl groups is 1. The van der Waals surface area contributed by atoms with E-state index >= 15 is 0 Å². The van der Waals surface area contributed by atoms with Crippen LogP contribution in [0.3, 0.4) is 0 Å². The maximum absolute atomic E-state index is 12.0. The van der Waals surface area contributed by atoms with Crippen LogP contribution in [0.25, 0.3) is 10.9 Å². The monoisotopic (exact) mass is 247 g/mol. The van der Waals surface area contributed by atoms with Crippen LogP contribution >= 0.6 is 0 Å². The van der Waals surface area contributed by atoms with Gasteiger partial charge in [-0.1, -0.05) is 0 Å². The van der Waals surface area contributed by atoms with E-state index in [1.165, 1.54) is 0 Å². The number of aromatic nitrogens is 1. The number of hydrogen-bond acceptors (Lipinski definition) is 3. The first kappa shape index (κ1) is 12.4. The number of carbonyl (C=O) groups excluding carboxylic acids is 1. The highest BCUT2D eigenvalue weighted by atomic mass is 16.3. The molecule has 2 aromatic rings. The van der Waals surface area contributed by atoms with Crippen LogP contribution in [-0.2, 0) is 0 Å². The van der Waals surface area contributed by atoms with Crippen molar-refractivity contribution < 1.29 is 9.90 Å². The molecule has 1 aromatic heterocycles. The molecule has 0 aliphatic rings. The lowest BCUT2D eigenvalue weighted by atomic mass is 10.1. The van der Waals surface area contributed by atoms with Gasteiger partial charge < -0.3 is 21.1 Å². The Morgan fingerprint density at radius 2 is 2.22 bits per heavy atom. The van der Waals surface area contributed by atoms with Crippen molar-refractivity contribution in [3.63, 3.8) is 0 Å². The van der Waals surface area contributed by atoms with Gasteiger partial charge in [0.25, 0.3) is 5.91 Å². The van der Waals surface area contributed by atoms with Crippen molar-refractivity contribution >= 4 is 22.5 Å². The molecular formula is C13H17N3O2. The number of nitrogens with two attached hydrogens (primary N) is 1. The van der Waals surface area contributed by atoms with Gasteiger partial charge >= 0.3 is 0 Å². The lowest BCUT2D eigenvalue weighted by Gasteiger charge is -2.17. The molecule has 0 saturated carbocycles. The summed E-state index contributed by atoms with van der Waals surface area (Å²) in [5, 5.41) is 13.1. The second-order valence-corrected chi connectivity index (χ2v) is 5.00. The van der Waals surface area contributed by atoms with Gasteiger partial charge in [-0.3, -0.25) is 4.79 Å². The Bertz CT molecular complexity index is 581. The van der Waals surface area contributed by atoms with Gasteiger partial charge in [0.1, 0.15) is 0 Å². The van der Waals surface area contributed by atoms with Crippen LogP contribution in [0.15, 0.2) is 24.4 Å². The standard InChI is InChI=1S/C13H17N3O2/c1-13(2,18)7-16-12(17)10-6-15-11-5-8(14)3-4-9(10)11/h3-6,15,18H,7,14H2,1-2H3,(H,16,17). The number of carbonyl (C=O) groups is 1. The van der Waals surface area contributed by atoms with E-state index in [0.717, 1.165) is 10.9 Å². The Morgan fingerprint density at radius 1 is 1.50 bits per heavy atom. The molecule has 2 rings (SSSR count). The SMILES string of the molecule is CC(C)(O)CNC(=O)c1c[nH]c2cc(N)ccc12. The molecule has 0 saturated heterocycles. The molecule has 5 nitrogen and oxygen atoms in total. The van der Waals surface area contributed by atoms with Crippen LogP contribution in [0.2, 0.25) is 0 Å². The third kappa shape index (κ3) is 2.62. The summed E-state index contributed by atoms with van der Waals surface area (Å²) < 4.78 is 0. The number of aromatic amines is 1. The van der Waals surface area contributed by atoms with E-state index in [-0.39, 0.29) is 12.5 Å². The fourth-order valence-electron chi connectivity index (χ4n) is 1.72. The third-order valence-electron chi connectivity index (χ3n) is 2.63. The summed E-state index contributed by atoms with van der Waals surface area (Å²) in [6, 6.07) is 5.34. The first-order chi connectivity index (χ1) is 8.37. The van der Waals surface area contributed by atoms with E-state index in [1.807, 2.05) is 0 Å². The number of nitrogen functional groups attached to an aromatic ring is 1. The van der Waals surface area contributed by atoms with E-state index in [1.54, 1.807) is 38.2 Å². The minimum absolute atomic E-state index is 0.202. The Balaban J connectivity index is 2.23. The third-order valence-corrected chi connectivity index (χ3v) is 2.63. The maximum Gasteiger partial charge on any atom is 0.253 e. The zero-order valence-corrected chi connectivity index (χ0v) is 10.4. The van der Waals surface area contributed by atoms with Crippen molar-refractivity contribution in [2.75, 3.05) is 12.3 Å². The Morgan fingerprint density at radius 3 is 2.89 bits per heavy atom. The van der Waals surface area contributed by atoms with E-state index in [2.05, 4.69) is 10.3 Å². The number of fused-ring (bicyclic) bond motifs is 1. The van der Waals surface area contributed by atoms with Crippen molar-refractivity contribution in [2.45, 2.75) is 19.4 Å². The predicted octanol–water partition coefficient (Wildman–Crippen LogP) is 1.25. The van der Waals surface area contributed by atoms with Crippen LogP contribution in [0, 0.1) is 0 Å². The smallest absolute Gasteiger partial charge is 0.253 e. The summed E-state index contributed by atoms with van der Waals surface area (Å²) in [5.74, 6) is -0.215. The van der Waals surface area contributed by atoms with Crippen LogP contribution in [0.1, 0.15) is 24.2 Å². The van der Waals surface area contributed by atoms with E-state index in [9.17, 15) is 9.90 Å². The van der Waals surface area contributed by atoms with Crippen molar-refractivity contribution in [3.05, 3.63) is 30.0 Å². The van der Waals surface area contributed by atoms with Crippen LogP contribution in [-0.4, -0.2) is 28.1 Å². The molecule has 0 fully saturated rings. The Hall–Kier alpha value is -2.01. The van der Waals surface area contributed by atoms with Crippen LogP contribution < -0.4 is 11.1 Å². The predicted molar refractivity (Wildman–Crippen MR) is 71.3 cm³/mol. The van der Waals surface area contributed by atoms with E-state index in [0.29, 0.717) is 11.3 Å². The zero-order chi connectivity index (χ0) is 13.3. The van der Waals surface area contributed by atoms with Crippen molar-refractivity contribution in [1.82, 2.24) is 10.3 Å². The van der Waals surface area contributed by atoms with Crippen molar-refractivity contribution in [1.29, 1.82) is 0 Å². The van der Waals surface area contributed by atoms with Crippen LogP contribution in [0.4, 0.5) is 5.69 Å². The molecule has 5 heteroatoms. The van der Waals surface area contributed by atoms with Crippen LogP contribution in [0.5, 0.6) is 0 Å². The Kier molecular flexibility index (Phi) is 3.00. The molecular weight excluding hydrogens is 230 g/mol. The fourth-order valence-corrected chi connectivity index (χ4v) is 1.72. The summed E-state index contributed by atoms with van der Waals surface area (Å²) in [6.07, 6.45) is 1.64. The minimum atomic E-state index is -0.924. The molecule has 0 aliphatic heterocycles. The number of rotatable bonds is 3. The lowest BCUT2D eigenvalue weighted by molar-refractivity contribution is 0.0695. The fraction of sp³-hybridized carbons (Fsp3) is 0.308. The normalized spacial score (nSPS) is 11.7. The topological polar surface area (TPSA) is 91.1 Å². The molecule has 1 amide bonds. The van der Waals surface area contributed by atoms with Gasteiger partial charge in [0.05, 0.1) is 11.2 Å². The number of hydrogen-bond donors (Lipinski definition) is 4. The maximum atomic E-state index is 12.0. The number of anilines is 1. The molecule has 0 aliphatic carbocycles. The van der Waals surface area contributed by atoms with E-state index in [4.69, 9.17) is 5.73 Å². The summed E-state index contributed by atoms with van der Waals surface area (Å²) in [5.41, 5.74) is 6.77. The van der Waals surface area contributed by atoms with E-state index < -0.39 is 5.60 Å². The molecule has 0 spiro atoms. The second-order valence-electron chi connectivity index (χ2n) is 5.00. The summed E-state index contributed by atoms with van der Waals surface area (Å²) >= 11 is 0. The molecule has 0 radical (unpaired) electrons.